The van der Waals surface area contributed by atoms with Gasteiger partial charge in [0.25, 0.3) is 0 Å². The molecule has 1 aliphatic rings. The number of likely N-dealkylation sites (tertiary alicyclic amines) is 1. The van der Waals surface area contributed by atoms with Crippen molar-refractivity contribution in [2.75, 3.05) is 13.1 Å². The van der Waals surface area contributed by atoms with E-state index in [0.717, 1.165) is 29.8 Å². The summed E-state index contributed by atoms with van der Waals surface area (Å²) < 4.78 is 1.96. The standard InChI is InChI=1S/C20H23ClN8O/c1-14-24-26-28(25-14)12-17-11-18(21)5-3-16(17)4-6-20(30)27-9-7-19(8-10-27)29-15(2)22-13-23-29/h3-6,11,13,19H,7-10,12H2,1-2H3/b6-4+. The van der Waals surface area contributed by atoms with Crippen molar-refractivity contribution in [2.24, 2.45) is 0 Å². The lowest BCUT2D eigenvalue weighted by Gasteiger charge is -2.31. The molecule has 0 saturated carbocycles. The van der Waals surface area contributed by atoms with Gasteiger partial charge in [0.1, 0.15) is 12.2 Å². The Bertz CT molecular complexity index is 1060. The molecular formula is C20H23ClN8O. The third kappa shape index (κ3) is 4.56. The van der Waals surface area contributed by atoms with Gasteiger partial charge in [-0.15, -0.1) is 10.2 Å². The van der Waals surface area contributed by atoms with Crippen LogP contribution in [0.4, 0.5) is 0 Å². The number of aryl methyl sites for hydroxylation is 2. The quantitative estimate of drug-likeness (QED) is 0.581. The molecule has 3 heterocycles. The van der Waals surface area contributed by atoms with Gasteiger partial charge in [-0.3, -0.25) is 4.79 Å². The van der Waals surface area contributed by atoms with E-state index in [1.54, 1.807) is 25.4 Å². The first-order valence-electron chi connectivity index (χ1n) is 9.85. The van der Waals surface area contributed by atoms with Crippen molar-refractivity contribution in [1.29, 1.82) is 0 Å². The van der Waals surface area contributed by atoms with E-state index in [9.17, 15) is 4.79 Å². The van der Waals surface area contributed by atoms with Crippen LogP contribution in [0, 0.1) is 13.8 Å². The maximum atomic E-state index is 12.7. The number of tetrazole rings is 1. The molecule has 0 bridgehead atoms. The third-order valence-corrected chi connectivity index (χ3v) is 5.48. The van der Waals surface area contributed by atoms with E-state index in [0.29, 0.717) is 36.5 Å². The molecule has 1 saturated heterocycles. The molecule has 1 aromatic carbocycles. The summed E-state index contributed by atoms with van der Waals surface area (Å²) in [5.41, 5.74) is 1.82. The van der Waals surface area contributed by atoms with Crippen molar-refractivity contribution < 1.29 is 4.79 Å². The summed E-state index contributed by atoms with van der Waals surface area (Å²) in [6.45, 7) is 5.56. The number of rotatable bonds is 5. The summed E-state index contributed by atoms with van der Waals surface area (Å²) in [5, 5.41) is 17.0. The average molecular weight is 427 g/mol. The van der Waals surface area contributed by atoms with Crippen molar-refractivity contribution in [2.45, 2.75) is 39.3 Å². The fourth-order valence-corrected chi connectivity index (χ4v) is 3.87. The fourth-order valence-electron chi connectivity index (χ4n) is 3.68. The Morgan fingerprint density at radius 2 is 2.07 bits per heavy atom. The van der Waals surface area contributed by atoms with Crippen LogP contribution in [-0.2, 0) is 11.3 Å². The van der Waals surface area contributed by atoms with Crippen LogP contribution < -0.4 is 0 Å². The van der Waals surface area contributed by atoms with Crippen molar-refractivity contribution in [1.82, 2.24) is 39.9 Å². The second kappa shape index (κ2) is 8.74. The van der Waals surface area contributed by atoms with Gasteiger partial charge in [0.2, 0.25) is 5.91 Å². The van der Waals surface area contributed by atoms with E-state index in [-0.39, 0.29) is 5.91 Å². The zero-order valence-electron chi connectivity index (χ0n) is 16.9. The molecule has 10 heteroatoms. The largest absolute Gasteiger partial charge is 0.339 e. The zero-order chi connectivity index (χ0) is 21.1. The second-order valence-corrected chi connectivity index (χ2v) is 7.79. The maximum absolute atomic E-state index is 12.7. The third-order valence-electron chi connectivity index (χ3n) is 5.25. The highest BCUT2D eigenvalue weighted by molar-refractivity contribution is 6.30. The molecule has 30 heavy (non-hydrogen) atoms. The molecule has 0 N–H and O–H groups in total. The number of benzene rings is 1. The second-order valence-electron chi connectivity index (χ2n) is 7.35. The highest BCUT2D eigenvalue weighted by Crippen LogP contribution is 2.23. The van der Waals surface area contributed by atoms with Gasteiger partial charge < -0.3 is 4.90 Å². The highest BCUT2D eigenvalue weighted by Gasteiger charge is 2.24. The van der Waals surface area contributed by atoms with Gasteiger partial charge in [0.05, 0.1) is 12.6 Å². The number of piperidine rings is 1. The predicted molar refractivity (Wildman–Crippen MR) is 112 cm³/mol. The lowest BCUT2D eigenvalue weighted by Crippen LogP contribution is -2.38. The molecule has 156 valence electrons. The van der Waals surface area contributed by atoms with E-state index in [1.165, 1.54) is 4.80 Å². The van der Waals surface area contributed by atoms with Gasteiger partial charge in [-0.05, 0) is 61.2 Å². The summed E-state index contributed by atoms with van der Waals surface area (Å²) >= 11 is 6.16. The number of hydrogen-bond acceptors (Lipinski definition) is 6. The molecule has 1 aliphatic heterocycles. The molecular weight excluding hydrogens is 404 g/mol. The lowest BCUT2D eigenvalue weighted by molar-refractivity contribution is -0.127. The Kier molecular flexibility index (Phi) is 5.89. The minimum absolute atomic E-state index is 0.000567. The summed E-state index contributed by atoms with van der Waals surface area (Å²) in [5.74, 6) is 1.51. The van der Waals surface area contributed by atoms with E-state index >= 15 is 0 Å². The number of amides is 1. The van der Waals surface area contributed by atoms with E-state index < -0.39 is 0 Å². The summed E-state index contributed by atoms with van der Waals surface area (Å²) in [6, 6.07) is 5.85. The van der Waals surface area contributed by atoms with Crippen LogP contribution in [0.3, 0.4) is 0 Å². The molecule has 2 aromatic heterocycles. The first-order valence-corrected chi connectivity index (χ1v) is 10.2. The maximum Gasteiger partial charge on any atom is 0.246 e. The number of carbonyl (C=O) groups is 1. The molecule has 4 rings (SSSR count). The molecule has 1 amide bonds. The number of aromatic nitrogens is 7. The molecule has 0 unspecified atom stereocenters. The monoisotopic (exact) mass is 426 g/mol. The minimum atomic E-state index is -0.000567. The van der Waals surface area contributed by atoms with E-state index in [1.807, 2.05) is 34.7 Å². The summed E-state index contributed by atoms with van der Waals surface area (Å²) in [4.78, 5) is 20.3. The zero-order valence-corrected chi connectivity index (χ0v) is 17.7. The van der Waals surface area contributed by atoms with Crippen molar-refractivity contribution in [3.8, 4) is 0 Å². The van der Waals surface area contributed by atoms with Crippen molar-refractivity contribution in [3.63, 3.8) is 0 Å². The first kappa shape index (κ1) is 20.2. The fraction of sp³-hybridized carbons (Fsp3) is 0.400. The smallest absolute Gasteiger partial charge is 0.246 e. The Labute approximate surface area is 179 Å². The van der Waals surface area contributed by atoms with Crippen molar-refractivity contribution >= 4 is 23.6 Å². The van der Waals surface area contributed by atoms with Gasteiger partial charge >= 0.3 is 0 Å². The molecule has 1 fully saturated rings. The number of hydrogen-bond donors (Lipinski definition) is 0. The predicted octanol–water partition coefficient (Wildman–Crippen LogP) is 2.46. The van der Waals surface area contributed by atoms with Crippen LogP contribution in [0.2, 0.25) is 5.02 Å². The molecule has 0 atom stereocenters. The van der Waals surface area contributed by atoms with Crippen LogP contribution >= 0.6 is 11.6 Å². The van der Waals surface area contributed by atoms with Gasteiger partial charge in [-0.2, -0.15) is 9.90 Å². The summed E-state index contributed by atoms with van der Waals surface area (Å²) in [6.07, 6.45) is 6.76. The van der Waals surface area contributed by atoms with Crippen LogP contribution in [0.15, 0.2) is 30.6 Å². The number of halogens is 1. The van der Waals surface area contributed by atoms with Crippen LogP contribution in [0.5, 0.6) is 0 Å². The number of carbonyl (C=O) groups excluding carboxylic acids is 1. The highest BCUT2D eigenvalue weighted by atomic mass is 35.5. The topological polar surface area (TPSA) is 94.6 Å². The Hall–Kier alpha value is -3.07. The normalized spacial score (nSPS) is 15.2. The number of nitrogens with zero attached hydrogens (tertiary/aromatic N) is 8. The summed E-state index contributed by atoms with van der Waals surface area (Å²) in [7, 11) is 0. The van der Waals surface area contributed by atoms with Gasteiger partial charge in [0.15, 0.2) is 5.82 Å². The molecule has 3 aromatic rings. The minimum Gasteiger partial charge on any atom is -0.339 e. The Balaban J connectivity index is 1.41. The average Bonchev–Trinajstić information content (AvgIpc) is 3.35. The Morgan fingerprint density at radius 3 is 2.73 bits per heavy atom. The van der Waals surface area contributed by atoms with Crippen LogP contribution in [-0.4, -0.2) is 58.9 Å². The Morgan fingerprint density at radius 1 is 1.27 bits per heavy atom. The SMILES string of the molecule is Cc1nnn(Cc2cc(Cl)ccc2/C=C/C(=O)N2CCC(n3ncnc3C)CC2)n1. The molecule has 0 spiro atoms. The molecule has 0 aliphatic carbocycles. The first-order chi connectivity index (χ1) is 14.5. The molecule has 9 nitrogen and oxygen atoms in total. The van der Waals surface area contributed by atoms with Gasteiger partial charge in [-0.1, -0.05) is 17.7 Å². The van der Waals surface area contributed by atoms with Crippen LogP contribution in [0.25, 0.3) is 6.08 Å². The van der Waals surface area contributed by atoms with E-state index in [4.69, 9.17) is 11.6 Å². The van der Waals surface area contributed by atoms with Crippen LogP contribution in [0.1, 0.15) is 41.7 Å². The lowest BCUT2D eigenvalue weighted by atomic mass is 10.0. The van der Waals surface area contributed by atoms with Gasteiger partial charge in [-0.25, -0.2) is 9.67 Å². The van der Waals surface area contributed by atoms with Gasteiger partial charge in [0, 0.05) is 24.2 Å². The van der Waals surface area contributed by atoms with Crippen molar-refractivity contribution in [3.05, 3.63) is 58.4 Å². The van der Waals surface area contributed by atoms with E-state index in [2.05, 4.69) is 25.5 Å². The molecule has 0 radical (unpaired) electrons.